The molecule has 0 spiro atoms. The number of ether oxygens (including phenoxy) is 2. The van der Waals surface area contributed by atoms with Crippen LogP contribution in [0.4, 0.5) is 4.79 Å². The maximum atomic E-state index is 12.4. The number of aliphatic hydroxyl groups is 1. The number of rotatable bonds is 5. The number of nitrogens with one attached hydrogen (secondary N) is 2. The monoisotopic (exact) mass is 381 g/mol. The molecule has 0 unspecified atom stereocenters. The van der Waals surface area contributed by atoms with Gasteiger partial charge in [0.15, 0.2) is 0 Å². The van der Waals surface area contributed by atoms with Crippen LogP contribution in [0.5, 0.6) is 0 Å². The number of hydrogen-bond donors (Lipinski definition) is 3. The summed E-state index contributed by atoms with van der Waals surface area (Å²) >= 11 is 0. The first-order chi connectivity index (χ1) is 13.2. The van der Waals surface area contributed by atoms with Gasteiger partial charge >= 0.3 is 6.03 Å². The number of aliphatic hydroxyl groups excluding tert-OH is 1. The van der Waals surface area contributed by atoms with Crippen molar-refractivity contribution in [3.8, 4) is 0 Å². The van der Waals surface area contributed by atoms with Crippen molar-refractivity contribution in [2.24, 2.45) is 0 Å². The van der Waals surface area contributed by atoms with E-state index in [4.69, 9.17) is 9.47 Å². The van der Waals surface area contributed by atoms with Gasteiger partial charge in [0.2, 0.25) is 5.91 Å². The maximum absolute atomic E-state index is 12.4. The number of hydrogen-bond acceptors (Lipinski definition) is 5. The first-order valence-electron chi connectivity index (χ1n) is 10.0. The lowest BCUT2D eigenvalue weighted by Gasteiger charge is -2.34. The molecule has 0 aromatic carbocycles. The second kappa shape index (κ2) is 10.1. The summed E-state index contributed by atoms with van der Waals surface area (Å²) in [6.45, 7) is 2.11. The summed E-state index contributed by atoms with van der Waals surface area (Å²) in [5.41, 5.74) is 0. The Kier molecular flexibility index (Phi) is 7.49. The van der Waals surface area contributed by atoms with Crippen LogP contribution in [0.25, 0.3) is 0 Å². The Bertz CT molecular complexity index is 529. The zero-order chi connectivity index (χ0) is 19.1. The minimum absolute atomic E-state index is 0.0195. The van der Waals surface area contributed by atoms with Crippen molar-refractivity contribution in [2.45, 2.75) is 62.8 Å². The van der Waals surface area contributed by atoms with Crippen molar-refractivity contribution >= 4 is 11.9 Å². The van der Waals surface area contributed by atoms with Crippen molar-refractivity contribution in [3.63, 3.8) is 0 Å². The minimum Gasteiger partial charge on any atom is -0.394 e. The molecule has 3 rings (SSSR count). The van der Waals surface area contributed by atoms with Crippen LogP contribution in [0, 0.1) is 0 Å². The quantitative estimate of drug-likeness (QED) is 0.604. The fourth-order valence-corrected chi connectivity index (χ4v) is 3.88. The highest BCUT2D eigenvalue weighted by Crippen LogP contribution is 2.19. The van der Waals surface area contributed by atoms with Crippen LogP contribution in [-0.4, -0.2) is 79.1 Å². The molecule has 1 saturated heterocycles. The van der Waals surface area contributed by atoms with E-state index in [1.54, 1.807) is 11.0 Å². The third-order valence-corrected chi connectivity index (χ3v) is 5.44. The molecule has 3 N–H and O–H groups in total. The van der Waals surface area contributed by atoms with Crippen LogP contribution < -0.4 is 10.6 Å². The fourth-order valence-electron chi connectivity index (χ4n) is 3.88. The van der Waals surface area contributed by atoms with E-state index in [9.17, 15) is 14.7 Å². The van der Waals surface area contributed by atoms with Crippen molar-refractivity contribution in [1.29, 1.82) is 0 Å². The van der Waals surface area contributed by atoms with Crippen molar-refractivity contribution < 1.29 is 24.2 Å². The topological polar surface area (TPSA) is 100 Å². The van der Waals surface area contributed by atoms with E-state index in [0.29, 0.717) is 26.3 Å². The number of nitrogens with zero attached hydrogens (tertiary/aromatic N) is 1. The summed E-state index contributed by atoms with van der Waals surface area (Å²) in [6.07, 6.45) is 8.46. The molecular weight excluding hydrogens is 350 g/mol. The van der Waals surface area contributed by atoms with E-state index in [1.165, 1.54) is 6.42 Å². The molecule has 2 aliphatic heterocycles. The Morgan fingerprint density at radius 2 is 1.81 bits per heavy atom. The highest BCUT2D eigenvalue weighted by Gasteiger charge is 2.30. The van der Waals surface area contributed by atoms with Gasteiger partial charge < -0.3 is 30.1 Å². The summed E-state index contributed by atoms with van der Waals surface area (Å²) in [7, 11) is 0. The fraction of sp³-hybridized carbons (Fsp3) is 0.789. The predicted octanol–water partition coefficient (Wildman–Crippen LogP) is 0.552. The van der Waals surface area contributed by atoms with Crippen LogP contribution in [0.15, 0.2) is 12.2 Å². The second-order valence-electron chi connectivity index (χ2n) is 7.46. The summed E-state index contributed by atoms with van der Waals surface area (Å²) in [5.74, 6) is 0.0195. The molecule has 152 valence electrons. The number of carbonyl (C=O) groups excluding carboxylic acids is 2. The van der Waals surface area contributed by atoms with Gasteiger partial charge in [-0.3, -0.25) is 4.79 Å². The minimum atomic E-state index is -0.561. The van der Waals surface area contributed by atoms with Crippen molar-refractivity contribution in [2.75, 3.05) is 32.9 Å². The van der Waals surface area contributed by atoms with Crippen LogP contribution in [0.2, 0.25) is 0 Å². The van der Waals surface area contributed by atoms with E-state index in [1.807, 2.05) is 6.08 Å². The van der Waals surface area contributed by atoms with E-state index < -0.39 is 18.2 Å². The molecule has 0 bridgehead atoms. The molecule has 0 aromatic heterocycles. The third-order valence-electron chi connectivity index (χ3n) is 5.44. The molecule has 8 heteroatoms. The van der Waals surface area contributed by atoms with E-state index in [-0.39, 0.29) is 31.0 Å². The largest absolute Gasteiger partial charge is 0.394 e. The Balaban J connectivity index is 1.48. The Labute approximate surface area is 160 Å². The average Bonchev–Trinajstić information content (AvgIpc) is 2.70. The molecule has 3 amide bonds. The van der Waals surface area contributed by atoms with Gasteiger partial charge in [0, 0.05) is 19.1 Å². The molecule has 0 aromatic rings. The van der Waals surface area contributed by atoms with E-state index in [2.05, 4.69) is 10.6 Å². The molecule has 3 atom stereocenters. The average molecular weight is 381 g/mol. The van der Waals surface area contributed by atoms with Crippen molar-refractivity contribution in [3.05, 3.63) is 12.2 Å². The molecule has 27 heavy (non-hydrogen) atoms. The lowest BCUT2D eigenvalue weighted by atomic mass is 9.96. The van der Waals surface area contributed by atoms with Crippen LogP contribution >= 0.6 is 0 Å². The summed E-state index contributed by atoms with van der Waals surface area (Å²) in [4.78, 5) is 26.4. The molecule has 8 nitrogen and oxygen atoms in total. The summed E-state index contributed by atoms with van der Waals surface area (Å²) < 4.78 is 11.1. The molecular formula is C19H31N3O5. The second-order valence-corrected chi connectivity index (χ2v) is 7.46. The lowest BCUT2D eigenvalue weighted by Crippen LogP contribution is -2.53. The number of morpholine rings is 1. The van der Waals surface area contributed by atoms with Crippen LogP contribution in [0.3, 0.4) is 0 Å². The SMILES string of the molecule is O=C(NC1CCCCC1)N[C@@H]1C=C[C@H](CC(=O)N2CCOCC2)O[C@@H]1CO. The Morgan fingerprint density at radius 3 is 2.52 bits per heavy atom. The molecule has 3 aliphatic rings. The highest BCUT2D eigenvalue weighted by atomic mass is 16.5. The molecule has 1 aliphatic carbocycles. The van der Waals surface area contributed by atoms with Gasteiger partial charge in [0.05, 0.1) is 38.4 Å². The molecule has 2 fully saturated rings. The standard InChI is InChI=1S/C19H31N3O5/c23-13-17-16(21-19(25)20-14-4-2-1-3-5-14)7-6-15(27-17)12-18(24)22-8-10-26-11-9-22/h6-7,14-17,23H,1-5,8-13H2,(H2,20,21,25)/t15-,16-,17-/m1/s1. The van der Waals surface area contributed by atoms with Gasteiger partial charge in [-0.05, 0) is 12.8 Å². The first kappa shape index (κ1) is 20.1. The van der Waals surface area contributed by atoms with Gasteiger partial charge in [-0.2, -0.15) is 0 Å². The normalized spacial score (nSPS) is 29.4. The first-order valence-corrected chi connectivity index (χ1v) is 10.0. The van der Waals surface area contributed by atoms with Gasteiger partial charge in [0.1, 0.15) is 6.10 Å². The van der Waals surface area contributed by atoms with E-state index in [0.717, 1.165) is 25.7 Å². The number of carbonyl (C=O) groups is 2. The zero-order valence-corrected chi connectivity index (χ0v) is 15.8. The summed E-state index contributed by atoms with van der Waals surface area (Å²) in [5, 5.41) is 15.5. The van der Waals surface area contributed by atoms with Gasteiger partial charge in [-0.15, -0.1) is 0 Å². The van der Waals surface area contributed by atoms with Gasteiger partial charge in [0.25, 0.3) is 0 Å². The lowest BCUT2D eigenvalue weighted by molar-refractivity contribution is -0.139. The zero-order valence-electron chi connectivity index (χ0n) is 15.8. The van der Waals surface area contributed by atoms with Crippen molar-refractivity contribution in [1.82, 2.24) is 15.5 Å². The van der Waals surface area contributed by atoms with Gasteiger partial charge in [-0.25, -0.2) is 4.79 Å². The van der Waals surface area contributed by atoms with Crippen LogP contribution in [0.1, 0.15) is 38.5 Å². The Morgan fingerprint density at radius 1 is 1.07 bits per heavy atom. The number of amides is 3. The smallest absolute Gasteiger partial charge is 0.315 e. The Hall–Kier alpha value is -1.64. The molecule has 1 saturated carbocycles. The highest BCUT2D eigenvalue weighted by molar-refractivity contribution is 5.77. The third kappa shape index (κ3) is 5.92. The van der Waals surface area contributed by atoms with E-state index >= 15 is 0 Å². The number of urea groups is 1. The van der Waals surface area contributed by atoms with Gasteiger partial charge in [-0.1, -0.05) is 31.4 Å². The molecule has 2 heterocycles. The van der Waals surface area contributed by atoms with Crippen LogP contribution in [-0.2, 0) is 14.3 Å². The maximum Gasteiger partial charge on any atom is 0.315 e. The predicted molar refractivity (Wildman–Crippen MR) is 99.2 cm³/mol. The summed E-state index contributed by atoms with van der Waals surface area (Å²) in [6, 6.07) is -0.423. The molecule has 0 radical (unpaired) electrons.